The summed E-state index contributed by atoms with van der Waals surface area (Å²) in [5.41, 5.74) is 11.0. The second kappa shape index (κ2) is 22.8. The lowest BCUT2D eigenvalue weighted by Gasteiger charge is -2.34. The summed E-state index contributed by atoms with van der Waals surface area (Å²) in [4.78, 5) is 5.37. The molecule has 8 aromatic rings. The Morgan fingerprint density at radius 1 is 0.623 bits per heavy atom. The molecule has 1 aliphatic rings. The van der Waals surface area contributed by atoms with E-state index in [1.54, 1.807) is 5.57 Å². The first-order valence-electron chi connectivity index (χ1n) is 25.5. The molecule has 0 spiro atoms. The summed E-state index contributed by atoms with van der Waals surface area (Å²) in [6.07, 6.45) is 29.0. The second-order valence-corrected chi connectivity index (χ2v) is 22.3. The van der Waals surface area contributed by atoms with Gasteiger partial charge in [0.15, 0.2) is 8.07 Å². The van der Waals surface area contributed by atoms with Gasteiger partial charge in [0.1, 0.15) is 0 Å². The Labute approximate surface area is 412 Å². The molecule has 0 saturated carbocycles. The first-order valence-corrected chi connectivity index (χ1v) is 27.5. The van der Waals surface area contributed by atoms with Crippen molar-refractivity contribution in [1.29, 1.82) is 0 Å². The molecule has 1 heterocycles. The van der Waals surface area contributed by atoms with Crippen LogP contribution in [-0.4, -0.2) is 18.9 Å². The molecule has 0 saturated heterocycles. The Hall–Kier alpha value is -7.07. The predicted octanol–water partition coefficient (Wildman–Crippen LogP) is 15.7. The number of nitrogens with zero attached hydrogens (tertiary/aromatic N) is 2. The number of hydrogen-bond donors (Lipinski definition) is 0. The summed E-state index contributed by atoms with van der Waals surface area (Å²) in [5, 5.41) is 7.91. The lowest BCUT2D eigenvalue weighted by atomic mass is 9.83. The van der Waals surface area contributed by atoms with Gasteiger partial charge in [0.05, 0.1) is 16.7 Å². The Morgan fingerprint density at radius 3 is 1.93 bits per heavy atom. The van der Waals surface area contributed by atoms with Gasteiger partial charge in [-0.05, 0) is 119 Å². The van der Waals surface area contributed by atoms with Gasteiger partial charge in [-0.2, -0.15) is 0 Å². The highest BCUT2D eigenvalue weighted by Gasteiger charge is 2.41. The van der Waals surface area contributed by atoms with Gasteiger partial charge in [0.2, 0.25) is 0 Å². The van der Waals surface area contributed by atoms with Crippen LogP contribution in [0.4, 0.5) is 5.69 Å². The van der Waals surface area contributed by atoms with Crippen molar-refractivity contribution < 1.29 is 0 Å². The van der Waals surface area contributed by atoms with Crippen LogP contribution in [0, 0.1) is 5.92 Å². The third kappa shape index (κ3) is 10.1. The van der Waals surface area contributed by atoms with Crippen LogP contribution in [0.5, 0.6) is 0 Å². The molecule has 1 unspecified atom stereocenters. The SMILES string of the molecule is C=CCCCC=Nc1cc2c(cc1-c1cccc(/C(C=CCCCC)=C(/CCCC)C3C=CC=CC3)c1)c1cc([Si](c3ccccc3)(c3ccccc3)c3ccccc3)ccc1n2-c1ccccc1. The van der Waals surface area contributed by atoms with Crippen molar-refractivity contribution in [1.82, 2.24) is 4.57 Å². The number of fused-ring (bicyclic) bond motifs is 3. The second-order valence-electron chi connectivity index (χ2n) is 18.5. The highest BCUT2D eigenvalue weighted by atomic mass is 28.3. The minimum atomic E-state index is -2.82. The topological polar surface area (TPSA) is 17.3 Å². The minimum Gasteiger partial charge on any atom is -0.309 e. The Morgan fingerprint density at radius 2 is 1.29 bits per heavy atom. The van der Waals surface area contributed by atoms with Crippen LogP contribution in [0.25, 0.3) is 44.2 Å². The van der Waals surface area contributed by atoms with Crippen molar-refractivity contribution in [2.45, 2.75) is 78.1 Å². The number of para-hydroxylation sites is 1. The third-order valence-electron chi connectivity index (χ3n) is 14.0. The van der Waals surface area contributed by atoms with E-state index in [0.717, 1.165) is 61.0 Å². The summed E-state index contributed by atoms with van der Waals surface area (Å²) in [5.74, 6) is 0.389. The summed E-state index contributed by atoms with van der Waals surface area (Å²) in [7, 11) is -2.82. The smallest absolute Gasteiger partial charge is 0.179 e. The van der Waals surface area contributed by atoms with Gasteiger partial charge in [-0.25, -0.2) is 0 Å². The van der Waals surface area contributed by atoms with Crippen molar-refractivity contribution in [2.75, 3.05) is 0 Å². The monoisotopic (exact) mass is 914 g/mol. The first-order chi connectivity index (χ1) is 34.1. The van der Waals surface area contributed by atoms with Crippen LogP contribution in [0.2, 0.25) is 0 Å². The molecule has 0 amide bonds. The number of hydrogen-bond acceptors (Lipinski definition) is 1. The van der Waals surface area contributed by atoms with Crippen molar-refractivity contribution in [2.24, 2.45) is 10.9 Å². The van der Waals surface area contributed by atoms with Crippen molar-refractivity contribution >= 4 is 68.1 Å². The first kappa shape index (κ1) is 47.0. The summed E-state index contributed by atoms with van der Waals surface area (Å²) in [6, 6.07) is 66.2. The number of rotatable bonds is 20. The zero-order valence-corrected chi connectivity index (χ0v) is 41.6. The summed E-state index contributed by atoms with van der Waals surface area (Å²) >= 11 is 0. The molecule has 0 radical (unpaired) electrons. The Bertz CT molecular complexity index is 3040. The van der Waals surface area contributed by atoms with E-state index in [4.69, 9.17) is 4.99 Å². The van der Waals surface area contributed by atoms with Gasteiger partial charge in [0.25, 0.3) is 0 Å². The van der Waals surface area contributed by atoms with E-state index in [1.807, 2.05) is 6.08 Å². The summed E-state index contributed by atoms with van der Waals surface area (Å²) in [6.45, 7) is 8.58. The van der Waals surface area contributed by atoms with E-state index in [9.17, 15) is 0 Å². The fourth-order valence-corrected chi connectivity index (χ4v) is 15.3. The molecule has 0 bridgehead atoms. The summed E-state index contributed by atoms with van der Waals surface area (Å²) < 4.78 is 2.45. The molecule has 1 atom stereocenters. The molecule has 69 heavy (non-hydrogen) atoms. The van der Waals surface area contributed by atoms with E-state index < -0.39 is 8.07 Å². The van der Waals surface area contributed by atoms with Gasteiger partial charge in [-0.3, -0.25) is 4.99 Å². The molecule has 2 nitrogen and oxygen atoms in total. The van der Waals surface area contributed by atoms with Crippen LogP contribution in [0.15, 0.2) is 236 Å². The van der Waals surface area contributed by atoms with Crippen LogP contribution >= 0.6 is 0 Å². The number of aromatic nitrogens is 1. The molecule has 0 N–H and O–H groups in total. The van der Waals surface area contributed by atoms with E-state index in [2.05, 4.69) is 244 Å². The molecular formula is C66H66N2Si. The van der Waals surface area contributed by atoms with Crippen LogP contribution in [0.1, 0.15) is 83.6 Å². The molecule has 9 rings (SSSR count). The molecule has 344 valence electrons. The van der Waals surface area contributed by atoms with Crippen molar-refractivity contribution in [3.8, 4) is 16.8 Å². The Balaban J connectivity index is 1.33. The lowest BCUT2D eigenvalue weighted by Crippen LogP contribution is -2.74. The van der Waals surface area contributed by atoms with E-state index in [0.29, 0.717) is 5.92 Å². The minimum absolute atomic E-state index is 0.389. The van der Waals surface area contributed by atoms with Gasteiger partial charge in [-0.15, -0.1) is 6.58 Å². The zero-order valence-electron chi connectivity index (χ0n) is 40.6. The van der Waals surface area contributed by atoms with Crippen molar-refractivity contribution in [3.05, 3.63) is 236 Å². The largest absolute Gasteiger partial charge is 0.309 e. The van der Waals surface area contributed by atoms with Crippen molar-refractivity contribution in [3.63, 3.8) is 0 Å². The van der Waals surface area contributed by atoms with Gasteiger partial charge in [-0.1, -0.05) is 221 Å². The molecule has 3 heteroatoms. The number of unbranched alkanes of at least 4 members (excludes halogenated alkanes) is 5. The Kier molecular flexibility index (Phi) is 15.5. The highest BCUT2D eigenvalue weighted by Crippen LogP contribution is 2.42. The molecule has 7 aromatic carbocycles. The number of benzene rings is 7. The predicted molar refractivity (Wildman–Crippen MR) is 304 cm³/mol. The van der Waals surface area contributed by atoms with Crippen LogP contribution in [0.3, 0.4) is 0 Å². The molecular weight excluding hydrogens is 849 g/mol. The molecule has 1 aliphatic carbocycles. The third-order valence-corrected chi connectivity index (χ3v) is 18.8. The maximum absolute atomic E-state index is 5.37. The van der Waals surface area contributed by atoms with Gasteiger partial charge >= 0.3 is 0 Å². The van der Waals surface area contributed by atoms with E-state index >= 15 is 0 Å². The maximum Gasteiger partial charge on any atom is 0.179 e. The lowest BCUT2D eigenvalue weighted by molar-refractivity contribution is 0.680. The number of allylic oxidation sites excluding steroid dienone is 9. The molecule has 0 fully saturated rings. The fraction of sp³-hybridized carbons (Fsp3) is 0.197. The van der Waals surface area contributed by atoms with Gasteiger partial charge < -0.3 is 4.57 Å². The number of aliphatic imine (C=N–C) groups is 1. The highest BCUT2D eigenvalue weighted by molar-refractivity contribution is 7.20. The average Bonchev–Trinajstić information content (AvgIpc) is 3.73. The van der Waals surface area contributed by atoms with Crippen LogP contribution < -0.4 is 20.7 Å². The van der Waals surface area contributed by atoms with E-state index in [-0.39, 0.29) is 0 Å². The molecule has 0 aliphatic heterocycles. The zero-order chi connectivity index (χ0) is 47.3. The van der Waals surface area contributed by atoms with Crippen LogP contribution in [-0.2, 0) is 0 Å². The van der Waals surface area contributed by atoms with Gasteiger partial charge in [0, 0.05) is 34.2 Å². The standard InChI is InChI=1S/C66H66N2Si/c1-4-7-10-27-43-60(59(42-9-6-3)51-30-17-12-18-31-51)52-32-29-33-53(47-52)61-49-63-62-48-58(69(55-36-21-14-22-37-55,56-38-23-15-24-39-56)57-40-25-16-26-41-57)44-45-65(62)68(54-34-19-13-20-35-54)66(63)50-64(61)67-46-28-11-8-5-2/h5,12-27,29-30,32-41,43-51H,2,4,6-11,28,31,42H2,1,3H3/b43-27?,60-59-,67-46?. The quantitative estimate of drug-likeness (QED) is 0.0181. The maximum atomic E-state index is 5.37. The normalized spacial score (nSPS) is 14.3. The van der Waals surface area contributed by atoms with E-state index in [1.165, 1.54) is 79.4 Å². The fourth-order valence-electron chi connectivity index (χ4n) is 10.6. The average molecular weight is 915 g/mol. The molecule has 1 aromatic heterocycles.